The van der Waals surface area contributed by atoms with Gasteiger partial charge in [0.05, 0.1) is 21.1 Å². The second kappa shape index (κ2) is 8.84. The van der Waals surface area contributed by atoms with E-state index in [4.69, 9.17) is 5.11 Å². The number of aromatic nitrogens is 3. The molecule has 0 unspecified atom stereocenters. The molecule has 1 aromatic carbocycles. The zero-order valence-corrected chi connectivity index (χ0v) is 17.2. The first-order valence-corrected chi connectivity index (χ1v) is 10.3. The molecule has 0 spiro atoms. The number of hydrogen-bond acceptors (Lipinski definition) is 6. The molecule has 0 saturated carbocycles. The van der Waals surface area contributed by atoms with Crippen LogP contribution in [0.2, 0.25) is 0 Å². The minimum Gasteiger partial charge on any atom is -0.478 e. The summed E-state index contributed by atoms with van der Waals surface area (Å²) in [6.07, 6.45) is 5.22. The zero-order valence-electron chi connectivity index (χ0n) is 16.4. The normalized spacial score (nSPS) is 10.7. The van der Waals surface area contributed by atoms with E-state index in [-0.39, 0.29) is 0 Å². The molecule has 30 heavy (non-hydrogen) atoms. The van der Waals surface area contributed by atoms with Gasteiger partial charge in [0.1, 0.15) is 11.6 Å². The van der Waals surface area contributed by atoms with Crippen LogP contribution in [0.3, 0.4) is 0 Å². The van der Waals surface area contributed by atoms with Crippen LogP contribution in [0.4, 0.5) is 11.6 Å². The van der Waals surface area contributed by atoms with E-state index in [0.29, 0.717) is 5.56 Å². The molecule has 3 heterocycles. The topological polar surface area (TPSA) is 88.0 Å². The summed E-state index contributed by atoms with van der Waals surface area (Å²) in [6.45, 7) is 2.02. The predicted octanol–water partition coefficient (Wildman–Crippen LogP) is 5.14. The molecule has 150 valence electrons. The van der Waals surface area contributed by atoms with Crippen molar-refractivity contribution in [3.8, 4) is 10.6 Å². The van der Waals surface area contributed by atoms with E-state index < -0.39 is 5.97 Å². The molecule has 0 amide bonds. The number of carboxylic acids is 1. The molecule has 0 saturated heterocycles. The van der Waals surface area contributed by atoms with Gasteiger partial charge in [0.25, 0.3) is 0 Å². The van der Waals surface area contributed by atoms with Gasteiger partial charge in [-0.05, 0) is 60.9 Å². The van der Waals surface area contributed by atoms with Crippen molar-refractivity contribution in [1.82, 2.24) is 15.0 Å². The Morgan fingerprint density at radius 2 is 1.87 bits per heavy atom. The average molecular weight is 417 g/mol. The van der Waals surface area contributed by atoms with Crippen LogP contribution >= 0.6 is 11.3 Å². The quantitative estimate of drug-likeness (QED) is 0.434. The zero-order chi connectivity index (χ0) is 20.9. The molecule has 4 rings (SSSR count). The number of carboxylic acid groups (broad SMARTS) is 1. The fraction of sp³-hybridized carbons (Fsp3) is 0.130. The average Bonchev–Trinajstić information content (AvgIpc) is 3.22. The number of aromatic carboxylic acids is 1. The largest absolute Gasteiger partial charge is 0.478 e. The number of rotatable bonds is 7. The highest BCUT2D eigenvalue weighted by Gasteiger charge is 2.08. The van der Waals surface area contributed by atoms with Gasteiger partial charge in [-0.15, -0.1) is 11.3 Å². The molecule has 4 aromatic rings. The number of nitrogens with zero attached hydrogens (tertiary/aromatic N) is 3. The molecule has 6 nitrogen and oxygen atoms in total. The van der Waals surface area contributed by atoms with E-state index >= 15 is 0 Å². The number of thiazole rings is 1. The molecular formula is C23H20N4O2S. The molecule has 0 bridgehead atoms. The molecule has 0 atom stereocenters. The van der Waals surface area contributed by atoms with Crippen LogP contribution in [0.1, 0.15) is 26.5 Å². The molecule has 3 aromatic heterocycles. The van der Waals surface area contributed by atoms with Crippen molar-refractivity contribution in [2.75, 3.05) is 5.32 Å². The molecule has 0 aliphatic heterocycles. The van der Waals surface area contributed by atoms with Crippen LogP contribution in [0, 0.1) is 6.92 Å². The van der Waals surface area contributed by atoms with E-state index in [0.717, 1.165) is 51.2 Å². The van der Waals surface area contributed by atoms with Crippen LogP contribution < -0.4 is 5.32 Å². The van der Waals surface area contributed by atoms with Gasteiger partial charge in [-0.1, -0.05) is 18.2 Å². The Hall–Kier alpha value is -3.58. The van der Waals surface area contributed by atoms with Crippen LogP contribution in [0.25, 0.3) is 10.6 Å². The van der Waals surface area contributed by atoms with Crippen molar-refractivity contribution >= 4 is 28.9 Å². The van der Waals surface area contributed by atoms with Crippen molar-refractivity contribution in [3.05, 3.63) is 88.7 Å². The highest BCUT2D eigenvalue weighted by Crippen LogP contribution is 2.27. The number of pyridine rings is 2. The summed E-state index contributed by atoms with van der Waals surface area (Å²) in [5.74, 6) is 0.589. The van der Waals surface area contributed by atoms with Crippen molar-refractivity contribution in [3.63, 3.8) is 0 Å². The molecular weight excluding hydrogens is 396 g/mol. The van der Waals surface area contributed by atoms with Gasteiger partial charge >= 0.3 is 5.97 Å². The van der Waals surface area contributed by atoms with Crippen LogP contribution in [0.5, 0.6) is 0 Å². The summed E-state index contributed by atoms with van der Waals surface area (Å²) in [4.78, 5) is 25.5. The standard InChI is InChI=1S/C23H20N4O2S/c1-15-11-12-24-21(13-15)27-20-4-2-3-18(26-20)19-14-25-22(30-19)10-7-16-5-8-17(9-6-16)23(28)29/h2-6,8-9,11-14H,7,10H2,1H3,(H,28,29)(H,24,26,27). The first-order chi connectivity index (χ1) is 14.6. The van der Waals surface area contributed by atoms with Gasteiger partial charge in [-0.2, -0.15) is 0 Å². The Morgan fingerprint density at radius 3 is 2.63 bits per heavy atom. The molecule has 7 heteroatoms. The molecule has 0 aliphatic rings. The number of nitrogens with one attached hydrogen (secondary N) is 1. The third-order valence-electron chi connectivity index (χ3n) is 4.56. The van der Waals surface area contributed by atoms with Crippen LogP contribution in [-0.2, 0) is 12.8 Å². The van der Waals surface area contributed by atoms with E-state index in [1.807, 2.05) is 55.6 Å². The van der Waals surface area contributed by atoms with E-state index in [9.17, 15) is 4.79 Å². The predicted molar refractivity (Wildman–Crippen MR) is 118 cm³/mol. The van der Waals surface area contributed by atoms with E-state index in [1.54, 1.807) is 29.7 Å². The maximum absolute atomic E-state index is 10.9. The highest BCUT2D eigenvalue weighted by molar-refractivity contribution is 7.15. The second-order valence-corrected chi connectivity index (χ2v) is 7.99. The Bertz CT molecular complexity index is 1170. The first kappa shape index (κ1) is 19.7. The summed E-state index contributed by atoms with van der Waals surface area (Å²) in [7, 11) is 0. The highest BCUT2D eigenvalue weighted by atomic mass is 32.1. The SMILES string of the molecule is Cc1ccnc(Nc2cccc(-c3cnc(CCc4ccc(C(=O)O)cc4)s3)n2)c1. The lowest BCUT2D eigenvalue weighted by molar-refractivity contribution is 0.0697. The summed E-state index contributed by atoms with van der Waals surface area (Å²) >= 11 is 1.62. The Kier molecular flexibility index (Phi) is 5.81. The van der Waals surface area contributed by atoms with Crippen molar-refractivity contribution < 1.29 is 9.90 Å². The molecule has 0 aliphatic carbocycles. The Labute approximate surface area is 178 Å². The summed E-state index contributed by atoms with van der Waals surface area (Å²) in [5.41, 5.74) is 3.39. The fourth-order valence-corrected chi connectivity index (χ4v) is 3.87. The maximum atomic E-state index is 10.9. The fourth-order valence-electron chi connectivity index (χ4n) is 2.99. The minimum absolute atomic E-state index is 0.302. The second-order valence-electron chi connectivity index (χ2n) is 6.87. The van der Waals surface area contributed by atoms with Crippen LogP contribution in [-0.4, -0.2) is 26.0 Å². The minimum atomic E-state index is -0.909. The number of anilines is 2. The third kappa shape index (κ3) is 4.87. The van der Waals surface area contributed by atoms with Crippen molar-refractivity contribution in [1.29, 1.82) is 0 Å². The van der Waals surface area contributed by atoms with Gasteiger partial charge in [-0.3, -0.25) is 0 Å². The molecule has 0 fully saturated rings. The van der Waals surface area contributed by atoms with E-state index in [2.05, 4.69) is 20.3 Å². The number of benzene rings is 1. The van der Waals surface area contributed by atoms with Gasteiger partial charge in [0.15, 0.2) is 0 Å². The van der Waals surface area contributed by atoms with Gasteiger partial charge in [-0.25, -0.2) is 19.7 Å². The smallest absolute Gasteiger partial charge is 0.335 e. The summed E-state index contributed by atoms with van der Waals surface area (Å²) in [6, 6.07) is 16.8. The molecule has 2 N–H and O–H groups in total. The monoisotopic (exact) mass is 416 g/mol. The number of hydrogen-bond donors (Lipinski definition) is 2. The summed E-state index contributed by atoms with van der Waals surface area (Å²) in [5, 5.41) is 13.2. The van der Waals surface area contributed by atoms with Gasteiger partial charge in [0.2, 0.25) is 0 Å². The van der Waals surface area contributed by atoms with Crippen molar-refractivity contribution in [2.45, 2.75) is 19.8 Å². The lowest BCUT2D eigenvalue weighted by atomic mass is 10.1. The van der Waals surface area contributed by atoms with Gasteiger partial charge < -0.3 is 10.4 Å². The lowest BCUT2D eigenvalue weighted by Gasteiger charge is -2.06. The third-order valence-corrected chi connectivity index (χ3v) is 5.63. The number of aryl methyl sites for hydroxylation is 3. The number of carbonyl (C=O) groups is 1. The molecule has 0 radical (unpaired) electrons. The van der Waals surface area contributed by atoms with Crippen molar-refractivity contribution in [2.24, 2.45) is 0 Å². The first-order valence-electron chi connectivity index (χ1n) is 9.51. The summed E-state index contributed by atoms with van der Waals surface area (Å²) < 4.78 is 0. The Balaban J connectivity index is 1.42. The van der Waals surface area contributed by atoms with Crippen LogP contribution in [0.15, 0.2) is 67.0 Å². The van der Waals surface area contributed by atoms with Gasteiger partial charge in [0, 0.05) is 18.8 Å². The van der Waals surface area contributed by atoms with E-state index in [1.165, 1.54) is 0 Å². The maximum Gasteiger partial charge on any atom is 0.335 e. The Morgan fingerprint density at radius 1 is 1.03 bits per heavy atom. The lowest BCUT2D eigenvalue weighted by Crippen LogP contribution is -1.97.